The first-order valence-electron chi connectivity index (χ1n) is 8.87. The average molecular weight is 378 g/mol. The fraction of sp³-hybridized carbons (Fsp3) is 0.190. The third-order valence-electron chi connectivity index (χ3n) is 3.74. The Morgan fingerprint density at radius 3 is 2.54 bits per heavy atom. The summed E-state index contributed by atoms with van der Waals surface area (Å²) in [5, 5.41) is 14.0. The summed E-state index contributed by atoms with van der Waals surface area (Å²) < 4.78 is 10.9. The Kier molecular flexibility index (Phi) is 6.06. The van der Waals surface area contributed by atoms with Crippen molar-refractivity contribution >= 4 is 23.1 Å². The summed E-state index contributed by atoms with van der Waals surface area (Å²) in [7, 11) is 1.57. The van der Waals surface area contributed by atoms with Crippen molar-refractivity contribution in [3.8, 4) is 11.5 Å². The zero-order valence-electron chi connectivity index (χ0n) is 16.0. The van der Waals surface area contributed by atoms with Crippen molar-refractivity contribution in [1.82, 2.24) is 10.2 Å². The molecular formula is C21H22N4O3. The largest absolute Gasteiger partial charge is 0.497 e. The van der Waals surface area contributed by atoms with Gasteiger partial charge in [-0.25, -0.2) is 0 Å². The highest BCUT2D eigenvalue weighted by atomic mass is 16.5. The van der Waals surface area contributed by atoms with Crippen LogP contribution >= 0.6 is 0 Å². The van der Waals surface area contributed by atoms with E-state index < -0.39 is 0 Å². The Balaban J connectivity index is 1.69. The average Bonchev–Trinajstić information content (AvgIpc) is 2.70. The normalized spacial score (nSPS) is 10.4. The van der Waals surface area contributed by atoms with Crippen LogP contribution in [0.3, 0.4) is 0 Å². The third-order valence-corrected chi connectivity index (χ3v) is 3.74. The molecule has 0 unspecified atom stereocenters. The van der Waals surface area contributed by atoms with E-state index in [9.17, 15) is 4.79 Å². The van der Waals surface area contributed by atoms with Crippen LogP contribution in [0.15, 0.2) is 60.7 Å². The molecule has 3 aromatic rings. The zero-order valence-corrected chi connectivity index (χ0v) is 16.0. The Morgan fingerprint density at radius 1 is 1.00 bits per heavy atom. The number of carbonyl (C=O) groups excluding carboxylic acids is 1. The van der Waals surface area contributed by atoms with Gasteiger partial charge in [-0.1, -0.05) is 18.2 Å². The number of hydrogen-bond donors (Lipinski definition) is 2. The van der Waals surface area contributed by atoms with E-state index in [-0.39, 0.29) is 17.7 Å². The highest BCUT2D eigenvalue weighted by Gasteiger charge is 2.11. The lowest BCUT2D eigenvalue weighted by Gasteiger charge is -2.14. The quantitative estimate of drug-likeness (QED) is 0.639. The number of amides is 1. The number of anilines is 3. The van der Waals surface area contributed by atoms with E-state index in [1.807, 2.05) is 38.1 Å². The zero-order chi connectivity index (χ0) is 19.9. The van der Waals surface area contributed by atoms with Gasteiger partial charge in [0.1, 0.15) is 11.5 Å². The number of para-hydroxylation sites is 2. The Hall–Kier alpha value is -3.61. The van der Waals surface area contributed by atoms with Crippen LogP contribution in [0, 0.1) is 0 Å². The Labute approximate surface area is 163 Å². The van der Waals surface area contributed by atoms with Crippen LogP contribution in [0.25, 0.3) is 0 Å². The molecule has 1 aromatic heterocycles. The molecule has 0 aliphatic heterocycles. The molecule has 28 heavy (non-hydrogen) atoms. The highest BCUT2D eigenvalue weighted by Crippen LogP contribution is 2.27. The monoisotopic (exact) mass is 378 g/mol. The summed E-state index contributed by atoms with van der Waals surface area (Å²) in [6, 6.07) is 18.0. The lowest BCUT2D eigenvalue weighted by molar-refractivity contribution is 0.102. The van der Waals surface area contributed by atoms with E-state index >= 15 is 0 Å². The number of rotatable bonds is 7. The van der Waals surface area contributed by atoms with Gasteiger partial charge in [0.25, 0.3) is 5.91 Å². The van der Waals surface area contributed by atoms with Gasteiger partial charge >= 0.3 is 0 Å². The number of benzene rings is 2. The maximum absolute atomic E-state index is 12.4. The van der Waals surface area contributed by atoms with Crippen LogP contribution in [0.1, 0.15) is 24.3 Å². The first-order valence-corrected chi connectivity index (χ1v) is 8.87. The molecule has 0 atom stereocenters. The molecule has 1 amide bonds. The van der Waals surface area contributed by atoms with Crippen molar-refractivity contribution in [3.05, 3.63) is 66.4 Å². The van der Waals surface area contributed by atoms with Gasteiger partial charge in [-0.2, -0.15) is 0 Å². The van der Waals surface area contributed by atoms with Gasteiger partial charge < -0.3 is 20.1 Å². The number of nitrogens with one attached hydrogen (secondary N) is 2. The molecule has 0 bridgehead atoms. The first-order chi connectivity index (χ1) is 13.5. The lowest BCUT2D eigenvalue weighted by Crippen LogP contribution is -2.14. The van der Waals surface area contributed by atoms with Crippen molar-refractivity contribution in [1.29, 1.82) is 0 Å². The van der Waals surface area contributed by atoms with E-state index in [1.54, 1.807) is 43.5 Å². The molecule has 2 aromatic carbocycles. The SMILES string of the molecule is COc1cccc(NC(=O)c2ccc(Nc3ccccc3OC(C)C)nn2)c1. The van der Waals surface area contributed by atoms with Gasteiger partial charge in [-0.3, -0.25) is 4.79 Å². The van der Waals surface area contributed by atoms with Crippen molar-refractivity contribution in [3.63, 3.8) is 0 Å². The molecule has 0 aliphatic rings. The van der Waals surface area contributed by atoms with Crippen molar-refractivity contribution < 1.29 is 14.3 Å². The van der Waals surface area contributed by atoms with Gasteiger partial charge in [0.05, 0.1) is 18.9 Å². The van der Waals surface area contributed by atoms with Gasteiger partial charge in [0, 0.05) is 11.8 Å². The van der Waals surface area contributed by atoms with Crippen LogP contribution < -0.4 is 20.1 Å². The number of hydrogen-bond acceptors (Lipinski definition) is 6. The minimum atomic E-state index is -0.351. The summed E-state index contributed by atoms with van der Waals surface area (Å²) in [5.74, 6) is 1.54. The van der Waals surface area contributed by atoms with E-state index in [0.29, 0.717) is 17.3 Å². The standard InChI is InChI=1S/C21H22N4O3/c1-14(2)28-19-10-5-4-9-17(19)23-20-12-11-18(24-25-20)21(26)22-15-7-6-8-16(13-15)27-3/h4-14H,1-3H3,(H,22,26)(H,23,25). The van der Waals surface area contributed by atoms with E-state index in [4.69, 9.17) is 9.47 Å². The van der Waals surface area contributed by atoms with Crippen LogP contribution in [-0.4, -0.2) is 29.3 Å². The van der Waals surface area contributed by atoms with Crippen molar-refractivity contribution in [2.24, 2.45) is 0 Å². The van der Waals surface area contributed by atoms with Gasteiger partial charge in [0.2, 0.25) is 0 Å². The predicted molar refractivity (Wildman–Crippen MR) is 108 cm³/mol. The van der Waals surface area contributed by atoms with Crippen LogP contribution in [0.2, 0.25) is 0 Å². The minimum Gasteiger partial charge on any atom is -0.497 e. The third kappa shape index (κ3) is 4.97. The molecule has 1 heterocycles. The molecule has 0 aliphatic carbocycles. The predicted octanol–water partition coefficient (Wildman–Crippen LogP) is 4.27. The van der Waals surface area contributed by atoms with E-state index in [0.717, 1.165) is 11.4 Å². The fourth-order valence-electron chi connectivity index (χ4n) is 2.48. The van der Waals surface area contributed by atoms with Gasteiger partial charge in [-0.05, 0) is 50.2 Å². The highest BCUT2D eigenvalue weighted by molar-refractivity contribution is 6.02. The molecule has 3 rings (SSSR count). The molecule has 0 radical (unpaired) electrons. The maximum atomic E-state index is 12.4. The summed E-state index contributed by atoms with van der Waals surface area (Å²) >= 11 is 0. The lowest BCUT2D eigenvalue weighted by atomic mass is 10.2. The fourth-order valence-corrected chi connectivity index (χ4v) is 2.48. The molecule has 0 spiro atoms. The Morgan fingerprint density at radius 2 is 1.82 bits per heavy atom. The number of nitrogens with zero attached hydrogens (tertiary/aromatic N) is 2. The molecular weight excluding hydrogens is 356 g/mol. The number of ether oxygens (including phenoxy) is 2. The van der Waals surface area contributed by atoms with Crippen LogP contribution in [0.4, 0.5) is 17.2 Å². The molecule has 0 fully saturated rings. The summed E-state index contributed by atoms with van der Waals surface area (Å²) in [6.45, 7) is 3.93. The van der Waals surface area contributed by atoms with Crippen LogP contribution in [0.5, 0.6) is 11.5 Å². The van der Waals surface area contributed by atoms with Gasteiger partial charge in [-0.15, -0.1) is 10.2 Å². The van der Waals surface area contributed by atoms with E-state index in [1.165, 1.54) is 0 Å². The second-order valence-electron chi connectivity index (χ2n) is 6.28. The second kappa shape index (κ2) is 8.85. The number of methoxy groups -OCH3 is 1. The molecule has 7 nitrogen and oxygen atoms in total. The second-order valence-corrected chi connectivity index (χ2v) is 6.28. The minimum absolute atomic E-state index is 0.0525. The molecule has 0 saturated heterocycles. The smallest absolute Gasteiger partial charge is 0.276 e. The molecule has 2 N–H and O–H groups in total. The van der Waals surface area contributed by atoms with Crippen molar-refractivity contribution in [2.45, 2.75) is 20.0 Å². The summed E-state index contributed by atoms with van der Waals surface area (Å²) in [5.41, 5.74) is 1.60. The van der Waals surface area contributed by atoms with Gasteiger partial charge in [0.15, 0.2) is 11.5 Å². The summed E-state index contributed by atoms with van der Waals surface area (Å²) in [4.78, 5) is 12.4. The molecule has 7 heteroatoms. The molecule has 0 saturated carbocycles. The topological polar surface area (TPSA) is 85.4 Å². The Bertz CT molecular complexity index is 942. The number of aromatic nitrogens is 2. The summed E-state index contributed by atoms with van der Waals surface area (Å²) in [6.07, 6.45) is 0.0525. The van der Waals surface area contributed by atoms with Crippen LogP contribution in [-0.2, 0) is 0 Å². The van der Waals surface area contributed by atoms with Crippen molar-refractivity contribution in [2.75, 3.05) is 17.7 Å². The number of carbonyl (C=O) groups is 1. The van der Waals surface area contributed by atoms with E-state index in [2.05, 4.69) is 20.8 Å². The maximum Gasteiger partial charge on any atom is 0.276 e. The first kappa shape index (κ1) is 19.2. The molecule has 144 valence electrons.